The van der Waals surface area contributed by atoms with Crippen molar-refractivity contribution in [3.63, 3.8) is 0 Å². The first kappa shape index (κ1) is 34.4. The quantitative estimate of drug-likeness (QED) is 0.252. The smallest absolute Gasteiger partial charge is 0.402 e. The summed E-state index contributed by atoms with van der Waals surface area (Å²) < 4.78 is 77.2. The second-order valence-electron chi connectivity index (χ2n) is 11.8. The third-order valence-corrected chi connectivity index (χ3v) is 8.46. The monoisotopic (exact) mass is 659 g/mol. The molecule has 1 aliphatic carbocycles. The van der Waals surface area contributed by atoms with Crippen molar-refractivity contribution < 1.29 is 45.8 Å². The highest BCUT2D eigenvalue weighted by molar-refractivity contribution is 6.34. The highest BCUT2D eigenvalue weighted by atomic mass is 35.5. The van der Waals surface area contributed by atoms with Crippen molar-refractivity contribution in [2.24, 2.45) is 11.3 Å². The molecule has 0 aromatic heterocycles. The first-order chi connectivity index (χ1) is 21.2. The number of benzene rings is 2. The minimum Gasteiger partial charge on any atom is -0.487 e. The van der Waals surface area contributed by atoms with E-state index in [-0.39, 0.29) is 46.3 Å². The van der Waals surface area contributed by atoms with E-state index in [1.165, 1.54) is 36.4 Å². The van der Waals surface area contributed by atoms with Crippen LogP contribution in [0.5, 0.6) is 5.75 Å². The van der Waals surface area contributed by atoms with Gasteiger partial charge in [0.25, 0.3) is 11.8 Å². The van der Waals surface area contributed by atoms with Gasteiger partial charge in [0.15, 0.2) is 0 Å². The van der Waals surface area contributed by atoms with Gasteiger partial charge in [-0.25, -0.2) is 8.78 Å². The first-order valence-corrected chi connectivity index (χ1v) is 15.0. The van der Waals surface area contributed by atoms with E-state index < -0.39 is 41.7 Å². The zero-order valence-corrected chi connectivity index (χ0v) is 25.5. The SMILES string of the molecule is CC(C)(C(=O)NCc1ccc(Cl)c(C(=O)Nc2ccc(OC3CCOC3)c(C(=O)NC3CCC(C(F)F)CC3)c2)c1)C(F)(F)F. The Morgan fingerprint density at radius 2 is 1.69 bits per heavy atom. The normalized spacial score (nSPS) is 20.5. The van der Waals surface area contributed by atoms with Gasteiger partial charge < -0.3 is 25.4 Å². The molecule has 0 bridgehead atoms. The second-order valence-corrected chi connectivity index (χ2v) is 12.2. The maximum atomic E-state index is 13.4. The number of nitrogens with one attached hydrogen (secondary N) is 3. The van der Waals surface area contributed by atoms with Crippen LogP contribution in [-0.4, -0.2) is 55.7 Å². The molecule has 14 heteroatoms. The molecule has 45 heavy (non-hydrogen) atoms. The van der Waals surface area contributed by atoms with Gasteiger partial charge in [-0.05, 0) is 75.4 Å². The van der Waals surface area contributed by atoms with Crippen LogP contribution < -0.4 is 20.7 Å². The van der Waals surface area contributed by atoms with E-state index in [9.17, 15) is 36.3 Å². The Kier molecular flexibility index (Phi) is 11.0. The number of rotatable bonds is 10. The van der Waals surface area contributed by atoms with Crippen LogP contribution in [0, 0.1) is 11.3 Å². The van der Waals surface area contributed by atoms with Crippen molar-refractivity contribution in [3.8, 4) is 5.75 Å². The Morgan fingerprint density at radius 1 is 0.978 bits per heavy atom. The summed E-state index contributed by atoms with van der Waals surface area (Å²) in [6, 6.07) is 8.40. The molecule has 246 valence electrons. The fourth-order valence-corrected chi connectivity index (χ4v) is 5.24. The van der Waals surface area contributed by atoms with Crippen molar-refractivity contribution in [3.05, 3.63) is 58.1 Å². The van der Waals surface area contributed by atoms with Crippen LogP contribution in [0.4, 0.5) is 27.6 Å². The summed E-state index contributed by atoms with van der Waals surface area (Å²) in [7, 11) is 0. The molecule has 1 heterocycles. The molecule has 1 unspecified atom stereocenters. The van der Waals surface area contributed by atoms with E-state index >= 15 is 0 Å². The third kappa shape index (κ3) is 8.63. The molecule has 3 amide bonds. The molecular weight excluding hydrogens is 625 g/mol. The molecule has 1 atom stereocenters. The molecule has 8 nitrogen and oxygen atoms in total. The Morgan fingerprint density at radius 3 is 2.31 bits per heavy atom. The zero-order valence-electron chi connectivity index (χ0n) is 24.7. The number of carbonyl (C=O) groups excluding carboxylic acids is 3. The predicted molar refractivity (Wildman–Crippen MR) is 157 cm³/mol. The largest absolute Gasteiger partial charge is 0.487 e. The van der Waals surface area contributed by atoms with E-state index in [0.29, 0.717) is 50.9 Å². The molecular formula is C31H35ClF5N3O5. The lowest BCUT2D eigenvalue weighted by molar-refractivity contribution is -0.211. The summed E-state index contributed by atoms with van der Waals surface area (Å²) >= 11 is 6.25. The van der Waals surface area contributed by atoms with Crippen molar-refractivity contribution in [1.82, 2.24) is 10.6 Å². The number of hydrogen-bond donors (Lipinski definition) is 3. The molecule has 2 fully saturated rings. The number of ether oxygens (including phenoxy) is 2. The Hall–Kier alpha value is -3.45. The standard InChI is InChI=1S/C31H35ClF5N3O5/c1-30(2,31(35,36)37)29(43)38-15-17-3-9-24(32)22(13-17)27(41)40-20-8-10-25(45-21-11-12-44-16-21)23(14-20)28(42)39-19-6-4-18(5-7-19)26(33)34/h3,8-10,13-14,18-19,21,26H,4-7,11-12,15-16H2,1-2H3,(H,38,43)(H,39,42)(H,40,41). The maximum Gasteiger partial charge on any atom is 0.402 e. The maximum absolute atomic E-state index is 13.4. The van der Waals surface area contributed by atoms with Crippen molar-refractivity contribution in [2.45, 2.75) is 77.2 Å². The minimum absolute atomic E-state index is 0.0104. The van der Waals surface area contributed by atoms with Gasteiger partial charge in [0.2, 0.25) is 12.3 Å². The molecule has 2 aromatic rings. The van der Waals surface area contributed by atoms with Crippen LogP contribution in [0.15, 0.2) is 36.4 Å². The van der Waals surface area contributed by atoms with Gasteiger partial charge >= 0.3 is 6.18 Å². The van der Waals surface area contributed by atoms with E-state index in [1.54, 1.807) is 0 Å². The summed E-state index contributed by atoms with van der Waals surface area (Å²) in [5.41, 5.74) is -1.94. The number of carbonyl (C=O) groups is 3. The molecule has 1 saturated carbocycles. The Bertz CT molecular complexity index is 1390. The molecule has 0 radical (unpaired) electrons. The highest BCUT2D eigenvalue weighted by Crippen LogP contribution is 2.37. The molecule has 3 N–H and O–H groups in total. The van der Waals surface area contributed by atoms with Crippen LogP contribution in [-0.2, 0) is 16.1 Å². The average Bonchev–Trinajstić information content (AvgIpc) is 3.50. The fraction of sp³-hybridized carbons (Fsp3) is 0.516. The molecule has 2 aromatic carbocycles. The van der Waals surface area contributed by atoms with Crippen molar-refractivity contribution in [1.29, 1.82) is 0 Å². The zero-order chi connectivity index (χ0) is 32.9. The fourth-order valence-electron chi connectivity index (χ4n) is 5.04. The molecule has 0 spiro atoms. The lowest BCUT2D eigenvalue weighted by Gasteiger charge is -2.29. The molecule has 2 aliphatic rings. The first-order valence-electron chi connectivity index (χ1n) is 14.6. The summed E-state index contributed by atoms with van der Waals surface area (Å²) in [5, 5.41) is 7.86. The lowest BCUT2D eigenvalue weighted by atomic mass is 9.86. The third-order valence-electron chi connectivity index (χ3n) is 8.13. The topological polar surface area (TPSA) is 106 Å². The summed E-state index contributed by atoms with van der Waals surface area (Å²) in [6.07, 6.45) is -5.39. The van der Waals surface area contributed by atoms with Gasteiger partial charge in [-0.3, -0.25) is 14.4 Å². The van der Waals surface area contributed by atoms with Gasteiger partial charge in [0.1, 0.15) is 17.3 Å². The van der Waals surface area contributed by atoms with Crippen LogP contribution in [0.2, 0.25) is 5.02 Å². The second kappa shape index (κ2) is 14.3. The van der Waals surface area contributed by atoms with E-state index in [0.717, 1.165) is 13.8 Å². The number of amides is 3. The number of hydrogen-bond acceptors (Lipinski definition) is 5. The van der Waals surface area contributed by atoms with Crippen molar-refractivity contribution in [2.75, 3.05) is 18.5 Å². The summed E-state index contributed by atoms with van der Waals surface area (Å²) in [4.78, 5) is 38.8. The van der Waals surface area contributed by atoms with Gasteiger partial charge in [-0.2, -0.15) is 13.2 Å². The predicted octanol–water partition coefficient (Wildman–Crippen LogP) is 6.52. The summed E-state index contributed by atoms with van der Waals surface area (Å²) in [6.45, 7) is 2.12. The van der Waals surface area contributed by atoms with Gasteiger partial charge in [-0.1, -0.05) is 17.7 Å². The van der Waals surface area contributed by atoms with Gasteiger partial charge in [0, 0.05) is 30.6 Å². The average molecular weight is 660 g/mol. The Balaban J connectivity index is 1.48. The highest BCUT2D eigenvalue weighted by Gasteiger charge is 2.52. The number of halogens is 6. The lowest BCUT2D eigenvalue weighted by Crippen LogP contribution is -2.46. The van der Waals surface area contributed by atoms with Crippen LogP contribution in [0.1, 0.15) is 72.2 Å². The number of anilines is 1. The molecule has 4 rings (SSSR count). The van der Waals surface area contributed by atoms with Crippen LogP contribution >= 0.6 is 11.6 Å². The van der Waals surface area contributed by atoms with Gasteiger partial charge in [-0.15, -0.1) is 0 Å². The van der Waals surface area contributed by atoms with Gasteiger partial charge in [0.05, 0.1) is 29.4 Å². The van der Waals surface area contributed by atoms with Crippen LogP contribution in [0.25, 0.3) is 0 Å². The van der Waals surface area contributed by atoms with Crippen LogP contribution in [0.3, 0.4) is 0 Å². The van der Waals surface area contributed by atoms with E-state index in [2.05, 4.69) is 16.0 Å². The molecule has 1 saturated heterocycles. The Labute approximate surface area is 262 Å². The van der Waals surface area contributed by atoms with Crippen molar-refractivity contribution >= 4 is 35.0 Å². The summed E-state index contributed by atoms with van der Waals surface area (Å²) in [5.74, 6) is -2.81. The number of alkyl halides is 5. The molecule has 1 aliphatic heterocycles. The minimum atomic E-state index is -4.75. The van der Waals surface area contributed by atoms with E-state index in [1.807, 2.05) is 0 Å². The van der Waals surface area contributed by atoms with E-state index in [4.69, 9.17) is 21.1 Å².